The fourth-order valence-electron chi connectivity index (χ4n) is 0.702. The molecule has 2 heteroatoms. The van der Waals surface area contributed by atoms with E-state index in [1.807, 2.05) is 0 Å². The quantitative estimate of drug-likeness (QED) is 0.605. The summed E-state index contributed by atoms with van der Waals surface area (Å²) in [6.45, 7) is 8.50. The van der Waals surface area contributed by atoms with Crippen LogP contribution in [0.3, 0.4) is 0 Å². The number of Topliss-reactive ketones (excluding diaryl/α,β-unsaturated/α-hetero) is 1. The van der Waals surface area contributed by atoms with Crippen LogP contribution in [0, 0.1) is 11.3 Å². The number of ketones is 1. The first kappa shape index (κ1) is 11.0. The lowest BCUT2D eigenvalue weighted by molar-refractivity contribution is -0.118. The Morgan fingerprint density at radius 3 is 2.18 bits per heavy atom. The van der Waals surface area contributed by atoms with E-state index in [4.69, 9.17) is 11.6 Å². The summed E-state index contributed by atoms with van der Waals surface area (Å²) in [5.74, 6) is 0.711. The predicted octanol–water partition coefficient (Wildman–Crippen LogP) is 2.87. The molecule has 0 aliphatic rings. The van der Waals surface area contributed by atoms with Gasteiger partial charge >= 0.3 is 0 Å². The Labute approximate surface area is 74.1 Å². The molecule has 1 nitrogen and oxygen atoms in total. The summed E-state index contributed by atoms with van der Waals surface area (Å²) in [5.41, 5.74) is 0.210. The molecule has 0 radical (unpaired) electrons. The zero-order valence-electron chi connectivity index (χ0n) is 7.78. The summed E-state index contributed by atoms with van der Waals surface area (Å²) in [7, 11) is 0. The van der Waals surface area contributed by atoms with E-state index in [1.165, 1.54) is 0 Å². The molecule has 0 spiro atoms. The van der Waals surface area contributed by atoms with Crippen molar-refractivity contribution in [2.75, 3.05) is 5.88 Å². The van der Waals surface area contributed by atoms with Crippen LogP contribution in [-0.2, 0) is 4.79 Å². The van der Waals surface area contributed by atoms with Gasteiger partial charge in [0.05, 0.1) is 5.88 Å². The molecular formula is C9H17ClO. The highest BCUT2D eigenvalue weighted by Crippen LogP contribution is 2.28. The van der Waals surface area contributed by atoms with Crippen LogP contribution in [0.4, 0.5) is 0 Å². The van der Waals surface area contributed by atoms with E-state index in [0.717, 1.165) is 0 Å². The highest BCUT2D eigenvalue weighted by molar-refractivity contribution is 6.27. The molecule has 0 aliphatic carbocycles. The van der Waals surface area contributed by atoms with Crippen molar-refractivity contribution in [3.63, 3.8) is 0 Å². The summed E-state index contributed by atoms with van der Waals surface area (Å²) in [4.78, 5) is 10.9. The van der Waals surface area contributed by atoms with Crippen molar-refractivity contribution in [1.29, 1.82) is 0 Å². The maximum absolute atomic E-state index is 10.9. The summed E-state index contributed by atoms with van der Waals surface area (Å²) >= 11 is 5.40. The summed E-state index contributed by atoms with van der Waals surface area (Å²) < 4.78 is 0. The molecule has 0 bridgehead atoms. The van der Waals surface area contributed by atoms with Crippen molar-refractivity contribution in [1.82, 2.24) is 0 Å². The van der Waals surface area contributed by atoms with E-state index < -0.39 is 0 Å². The van der Waals surface area contributed by atoms with Gasteiger partial charge in [-0.2, -0.15) is 0 Å². The molecule has 0 aromatic carbocycles. The Hall–Kier alpha value is -0.0400. The molecule has 0 saturated carbocycles. The van der Waals surface area contributed by atoms with Gasteiger partial charge < -0.3 is 0 Å². The molecule has 0 aromatic heterocycles. The molecule has 11 heavy (non-hydrogen) atoms. The van der Waals surface area contributed by atoms with Crippen LogP contribution in [0.15, 0.2) is 0 Å². The van der Waals surface area contributed by atoms with Crippen molar-refractivity contribution in [2.45, 2.75) is 34.1 Å². The number of carbonyl (C=O) groups excluding carboxylic acids is 1. The molecule has 1 atom stereocenters. The zero-order chi connectivity index (χ0) is 9.07. The van der Waals surface area contributed by atoms with E-state index in [-0.39, 0.29) is 17.1 Å². The van der Waals surface area contributed by atoms with Crippen LogP contribution in [0.25, 0.3) is 0 Å². The zero-order valence-corrected chi connectivity index (χ0v) is 8.53. The van der Waals surface area contributed by atoms with Gasteiger partial charge in [0, 0.05) is 6.42 Å². The molecule has 0 rings (SSSR count). The first-order valence-electron chi connectivity index (χ1n) is 3.95. The minimum Gasteiger partial charge on any atom is -0.298 e. The third kappa shape index (κ3) is 4.41. The molecule has 0 fully saturated rings. The maximum atomic E-state index is 10.9. The van der Waals surface area contributed by atoms with Gasteiger partial charge in [-0.1, -0.05) is 27.7 Å². The largest absolute Gasteiger partial charge is 0.298 e. The normalized spacial score (nSPS) is 14.6. The minimum atomic E-state index is 0.147. The van der Waals surface area contributed by atoms with E-state index in [1.54, 1.807) is 0 Å². The SMILES string of the molecule is CC(CC(=O)CCl)C(C)(C)C. The number of carbonyl (C=O) groups is 1. The lowest BCUT2D eigenvalue weighted by Gasteiger charge is -2.26. The molecule has 0 aliphatic heterocycles. The van der Waals surface area contributed by atoms with Crippen LogP contribution in [0.5, 0.6) is 0 Å². The fourth-order valence-corrected chi connectivity index (χ4v) is 0.811. The Morgan fingerprint density at radius 1 is 1.45 bits per heavy atom. The summed E-state index contributed by atoms with van der Waals surface area (Å²) in [5, 5.41) is 0. The second-order valence-electron chi connectivity index (χ2n) is 4.14. The lowest BCUT2D eigenvalue weighted by atomic mass is 9.79. The average molecular weight is 177 g/mol. The Kier molecular flexibility index (Phi) is 4.09. The van der Waals surface area contributed by atoms with Gasteiger partial charge in [-0.05, 0) is 11.3 Å². The van der Waals surface area contributed by atoms with E-state index in [9.17, 15) is 4.79 Å². The molecule has 0 aromatic rings. The van der Waals surface area contributed by atoms with Crippen molar-refractivity contribution >= 4 is 17.4 Å². The van der Waals surface area contributed by atoms with Crippen LogP contribution in [0.2, 0.25) is 0 Å². The van der Waals surface area contributed by atoms with Crippen LogP contribution >= 0.6 is 11.6 Å². The molecule has 0 saturated heterocycles. The second-order valence-corrected chi connectivity index (χ2v) is 4.41. The minimum absolute atomic E-state index is 0.147. The number of rotatable bonds is 3. The van der Waals surface area contributed by atoms with Crippen molar-refractivity contribution in [3.05, 3.63) is 0 Å². The number of alkyl halides is 1. The number of hydrogen-bond acceptors (Lipinski definition) is 1. The third-order valence-corrected chi connectivity index (χ3v) is 2.46. The molecule has 66 valence electrons. The van der Waals surface area contributed by atoms with Crippen molar-refractivity contribution in [2.24, 2.45) is 11.3 Å². The third-order valence-electron chi connectivity index (χ3n) is 2.16. The first-order chi connectivity index (χ1) is 4.88. The Balaban J connectivity index is 3.87. The first-order valence-corrected chi connectivity index (χ1v) is 4.49. The van der Waals surface area contributed by atoms with E-state index in [2.05, 4.69) is 27.7 Å². The molecular weight excluding hydrogens is 160 g/mol. The standard InChI is InChI=1S/C9H17ClO/c1-7(9(2,3)4)5-8(11)6-10/h7H,5-6H2,1-4H3. The Morgan fingerprint density at radius 2 is 1.91 bits per heavy atom. The summed E-state index contributed by atoms with van der Waals surface area (Å²) in [6, 6.07) is 0. The topological polar surface area (TPSA) is 17.1 Å². The van der Waals surface area contributed by atoms with Gasteiger partial charge in [0.1, 0.15) is 5.78 Å². The van der Waals surface area contributed by atoms with Crippen LogP contribution in [-0.4, -0.2) is 11.7 Å². The molecule has 0 heterocycles. The van der Waals surface area contributed by atoms with Crippen molar-refractivity contribution in [3.8, 4) is 0 Å². The van der Waals surface area contributed by atoms with Gasteiger partial charge in [0.25, 0.3) is 0 Å². The van der Waals surface area contributed by atoms with Gasteiger partial charge in [0.15, 0.2) is 0 Å². The smallest absolute Gasteiger partial charge is 0.147 e. The van der Waals surface area contributed by atoms with Crippen molar-refractivity contribution < 1.29 is 4.79 Å². The second kappa shape index (κ2) is 4.10. The summed E-state index contributed by atoms with van der Waals surface area (Å²) in [6.07, 6.45) is 0.604. The highest BCUT2D eigenvalue weighted by Gasteiger charge is 2.21. The van der Waals surface area contributed by atoms with Gasteiger partial charge in [0.2, 0.25) is 0 Å². The van der Waals surface area contributed by atoms with E-state index in [0.29, 0.717) is 12.3 Å². The van der Waals surface area contributed by atoms with Crippen LogP contribution < -0.4 is 0 Å². The number of halogens is 1. The van der Waals surface area contributed by atoms with Gasteiger partial charge in [-0.15, -0.1) is 11.6 Å². The average Bonchev–Trinajstić information content (AvgIpc) is 1.85. The van der Waals surface area contributed by atoms with Gasteiger partial charge in [-0.3, -0.25) is 4.79 Å². The highest BCUT2D eigenvalue weighted by atomic mass is 35.5. The van der Waals surface area contributed by atoms with E-state index >= 15 is 0 Å². The Bertz CT molecular complexity index is 135. The van der Waals surface area contributed by atoms with Gasteiger partial charge in [-0.25, -0.2) is 0 Å². The molecule has 0 amide bonds. The molecule has 0 N–H and O–H groups in total. The fraction of sp³-hybridized carbons (Fsp3) is 0.889. The molecule has 1 unspecified atom stereocenters. The number of hydrogen-bond donors (Lipinski definition) is 0. The maximum Gasteiger partial charge on any atom is 0.147 e. The lowest BCUT2D eigenvalue weighted by Crippen LogP contribution is -2.20. The monoisotopic (exact) mass is 176 g/mol. The van der Waals surface area contributed by atoms with Crippen LogP contribution in [0.1, 0.15) is 34.1 Å². The predicted molar refractivity (Wildman–Crippen MR) is 49.0 cm³/mol.